The number of para-hydroxylation sites is 2. The second kappa shape index (κ2) is 10.6. The van der Waals surface area contributed by atoms with Crippen molar-refractivity contribution in [2.75, 3.05) is 0 Å². The summed E-state index contributed by atoms with van der Waals surface area (Å²) in [6.45, 7) is 4.74. The van der Waals surface area contributed by atoms with E-state index in [0.717, 1.165) is 103 Å². The molecule has 19 rings (SSSR count). The molecular weight excluding hydrogens is 795 g/mol. The number of carbonyl (C=O) groups excluding carboxylic acids is 1. The molecule has 1 saturated carbocycles. The molecule has 5 aromatic heterocycles. The van der Waals surface area contributed by atoms with Gasteiger partial charge in [-0.25, -0.2) is 0 Å². The third kappa shape index (κ3) is 3.45. The highest BCUT2D eigenvalue weighted by molar-refractivity contribution is 6.35. The minimum atomic E-state index is -0.543. The smallest absolute Gasteiger partial charge is 0.166 e. The molecule has 0 N–H and O–H groups in total. The van der Waals surface area contributed by atoms with Crippen LogP contribution in [0.5, 0.6) is 0 Å². The van der Waals surface area contributed by atoms with Crippen LogP contribution >= 0.6 is 0 Å². The number of nitrogens with zero attached hydrogens (tertiary/aromatic N) is 3. The van der Waals surface area contributed by atoms with Crippen LogP contribution < -0.4 is 0 Å². The van der Waals surface area contributed by atoms with Gasteiger partial charge in [0.15, 0.2) is 5.78 Å². The third-order valence-electron chi connectivity index (χ3n) is 17.7. The van der Waals surface area contributed by atoms with Gasteiger partial charge in [-0.1, -0.05) is 84.9 Å². The lowest BCUT2D eigenvalue weighted by molar-refractivity contribution is 0.0898. The quantitative estimate of drug-likeness (QED) is 0.153. The average Bonchev–Trinajstić information content (AvgIpc) is 4.11. The van der Waals surface area contributed by atoms with E-state index in [9.17, 15) is 10.1 Å². The maximum Gasteiger partial charge on any atom is 0.166 e. The van der Waals surface area contributed by atoms with Gasteiger partial charge in [0.1, 0.15) is 11.2 Å². The first-order valence-electron chi connectivity index (χ1n) is 23.3. The minimum Gasteiger partial charge on any atom is -0.455 e. The predicted molar refractivity (Wildman–Crippen MR) is 261 cm³/mol. The van der Waals surface area contributed by atoms with E-state index in [1.165, 1.54) is 71.2 Å². The van der Waals surface area contributed by atoms with Gasteiger partial charge in [-0.3, -0.25) is 4.79 Å². The molecule has 0 atom stereocenters. The Morgan fingerprint density at radius 2 is 1.11 bits per heavy atom. The van der Waals surface area contributed by atoms with Crippen LogP contribution in [0.1, 0.15) is 100 Å². The van der Waals surface area contributed by atoms with Crippen LogP contribution in [-0.4, -0.2) is 14.6 Å². The zero-order valence-corrected chi connectivity index (χ0v) is 35.8. The molecule has 6 aliphatic rings. The van der Waals surface area contributed by atoms with Gasteiger partial charge < -0.3 is 13.2 Å². The largest absolute Gasteiger partial charge is 0.455 e. The Morgan fingerprint density at radius 3 is 1.80 bits per heavy atom. The molecule has 304 valence electrons. The minimum absolute atomic E-state index is 0.136. The summed E-state index contributed by atoms with van der Waals surface area (Å²) in [4.78, 5) is 14.1. The zero-order chi connectivity index (χ0) is 42.6. The van der Waals surface area contributed by atoms with E-state index in [-0.39, 0.29) is 5.92 Å². The Bertz CT molecular complexity index is 4450. The molecule has 1 fully saturated rings. The van der Waals surface area contributed by atoms with Crippen molar-refractivity contribution in [3.05, 3.63) is 177 Å². The molecule has 5 heterocycles. The summed E-state index contributed by atoms with van der Waals surface area (Å²) in [6, 6.07) is 49.9. The predicted octanol–water partition coefficient (Wildman–Crippen LogP) is 14.6. The second-order valence-corrected chi connectivity index (χ2v) is 20.3. The lowest BCUT2D eigenvalue weighted by Gasteiger charge is -2.54. The summed E-state index contributed by atoms with van der Waals surface area (Å²) >= 11 is 0. The van der Waals surface area contributed by atoms with Crippen molar-refractivity contribution in [3.63, 3.8) is 0 Å². The number of fused-ring (bicyclic) bond motifs is 18. The molecule has 5 nitrogen and oxygen atoms in total. The summed E-state index contributed by atoms with van der Waals surface area (Å²) in [5.41, 5.74) is 17.8. The van der Waals surface area contributed by atoms with Crippen LogP contribution in [0, 0.1) is 17.2 Å². The van der Waals surface area contributed by atoms with Crippen molar-refractivity contribution in [2.45, 2.75) is 56.3 Å². The van der Waals surface area contributed by atoms with E-state index in [1.54, 1.807) is 0 Å². The highest BCUT2D eigenvalue weighted by Gasteiger charge is 2.57. The summed E-state index contributed by atoms with van der Waals surface area (Å²) in [6.07, 6.45) is 4.21. The van der Waals surface area contributed by atoms with Gasteiger partial charge in [0.05, 0.1) is 50.1 Å². The van der Waals surface area contributed by atoms with E-state index >= 15 is 0 Å². The fourth-order valence-electron chi connectivity index (χ4n) is 15.0. The van der Waals surface area contributed by atoms with Gasteiger partial charge in [0, 0.05) is 70.8 Å². The van der Waals surface area contributed by atoms with E-state index in [4.69, 9.17) is 4.42 Å². The fraction of sp³-hybridized carbons (Fsp3) is 0.167. The number of rotatable bonds is 0. The summed E-state index contributed by atoms with van der Waals surface area (Å²) in [5, 5.41) is 23.1. The Kier molecular flexibility index (Phi) is 5.53. The number of furan rings is 1. The molecule has 0 aliphatic heterocycles. The molecule has 0 spiro atoms. The molecule has 0 unspecified atom stereocenters. The highest BCUT2D eigenvalue weighted by Crippen LogP contribution is 2.65. The lowest BCUT2D eigenvalue weighted by atomic mass is 9.47. The number of hydrogen-bond donors (Lipinski definition) is 0. The van der Waals surface area contributed by atoms with E-state index in [2.05, 4.69) is 156 Å². The van der Waals surface area contributed by atoms with Crippen molar-refractivity contribution in [2.24, 2.45) is 5.92 Å². The Balaban J connectivity index is 1.09. The number of hydrogen-bond acceptors (Lipinski definition) is 3. The maximum atomic E-state index is 14.1. The van der Waals surface area contributed by atoms with E-state index in [1.807, 2.05) is 0 Å². The number of nitriles is 1. The summed E-state index contributed by atoms with van der Waals surface area (Å²) in [7, 11) is 0. The van der Waals surface area contributed by atoms with Crippen molar-refractivity contribution in [3.8, 4) is 6.07 Å². The van der Waals surface area contributed by atoms with Crippen LogP contribution in [-0.2, 0) is 10.8 Å². The van der Waals surface area contributed by atoms with Crippen molar-refractivity contribution in [1.29, 1.82) is 5.26 Å². The molecule has 4 bridgehead atoms. The molecule has 65 heavy (non-hydrogen) atoms. The van der Waals surface area contributed by atoms with Crippen LogP contribution in [0.25, 0.3) is 98.1 Å². The van der Waals surface area contributed by atoms with Gasteiger partial charge in [-0.2, -0.15) is 5.26 Å². The van der Waals surface area contributed by atoms with Gasteiger partial charge in [-0.05, 0) is 127 Å². The number of benzene rings is 8. The summed E-state index contributed by atoms with van der Waals surface area (Å²) in [5.74, 6) is 0.927. The molecule has 5 heteroatoms. The average molecular weight is 832 g/mol. The number of aromatic nitrogens is 2. The topological polar surface area (TPSA) is 62.8 Å². The lowest BCUT2D eigenvalue weighted by Crippen LogP contribution is -2.48. The molecule has 0 radical (unpaired) electrons. The second-order valence-electron chi connectivity index (χ2n) is 20.3. The first-order chi connectivity index (χ1) is 31.9. The highest BCUT2D eigenvalue weighted by atomic mass is 16.3. The standard InChI is InChI=1S/C60H37N3O2/c1-59-42-13-4-6-15-44(42)60(2,45-16-7-5-14-43(45)59)54-51-49(22-31(28-61)53(54)59)63-47-25-37-34-12-9-11-33-36-23-35-29-18-20-30(21-19-29)57(64)40(35)27-48(36)62(55(33)34)46(37)26-38(47)39-24-41-32-10-3-8-17-50(32)65-58(41)52(51)56(39)63/h3-17,22-27,29-30H,18-21H2,1-2H3. The number of Topliss-reactive ketones (excluding diaryl/α,β-unsaturated/α-hetero) is 1. The number of carbonyl (C=O) groups is 1. The first-order valence-corrected chi connectivity index (χ1v) is 23.3. The molecule has 0 amide bonds. The van der Waals surface area contributed by atoms with Gasteiger partial charge in [0.25, 0.3) is 0 Å². The van der Waals surface area contributed by atoms with Gasteiger partial charge >= 0.3 is 0 Å². The Labute approximate surface area is 371 Å². The first kappa shape index (κ1) is 33.8. The fourth-order valence-corrected chi connectivity index (χ4v) is 15.0. The Hall–Kier alpha value is -7.68. The Morgan fingerprint density at radius 1 is 0.538 bits per heavy atom. The van der Waals surface area contributed by atoms with E-state index in [0.29, 0.717) is 11.7 Å². The van der Waals surface area contributed by atoms with Crippen molar-refractivity contribution in [1.82, 2.24) is 8.80 Å². The van der Waals surface area contributed by atoms with Gasteiger partial charge in [0.2, 0.25) is 0 Å². The molecule has 6 aliphatic carbocycles. The SMILES string of the molecule is CC12c3ccccc3C(C)(c3ccccc31)c1c2c(C#N)cc2c1c1c3oc4ccccc4c3cc3c4cc5c(cc4n2c31)c1cccc2c3cc4c(cc3n5c21)C(=O)C1CCC4CC1. The maximum absolute atomic E-state index is 14.1. The van der Waals surface area contributed by atoms with Crippen LogP contribution in [0.3, 0.4) is 0 Å². The normalized spacial score (nSPS) is 22.2. The van der Waals surface area contributed by atoms with Crippen LogP contribution in [0.4, 0.5) is 0 Å². The van der Waals surface area contributed by atoms with Crippen molar-refractivity contribution < 1.29 is 9.21 Å². The molecule has 8 aromatic carbocycles. The van der Waals surface area contributed by atoms with Crippen LogP contribution in [0.2, 0.25) is 0 Å². The zero-order valence-electron chi connectivity index (χ0n) is 35.8. The van der Waals surface area contributed by atoms with Crippen LogP contribution in [0.15, 0.2) is 132 Å². The monoisotopic (exact) mass is 831 g/mol. The molecule has 13 aromatic rings. The van der Waals surface area contributed by atoms with E-state index < -0.39 is 10.8 Å². The molecule has 0 saturated heterocycles. The van der Waals surface area contributed by atoms with Gasteiger partial charge in [-0.15, -0.1) is 0 Å². The molecular formula is C60H37N3O2. The summed E-state index contributed by atoms with van der Waals surface area (Å²) < 4.78 is 12.0. The van der Waals surface area contributed by atoms with Crippen molar-refractivity contribution >= 4 is 104 Å². The third-order valence-corrected chi connectivity index (χ3v) is 17.7. The number of ketones is 1.